The summed E-state index contributed by atoms with van der Waals surface area (Å²) in [5, 5.41) is 7.30. The SMILES string of the molecule is Cc1nc(NC2=C(C=O)CCC2)n(C)n1. The van der Waals surface area contributed by atoms with E-state index in [9.17, 15) is 4.79 Å². The van der Waals surface area contributed by atoms with E-state index in [0.717, 1.165) is 42.6 Å². The minimum absolute atomic E-state index is 0.698. The summed E-state index contributed by atoms with van der Waals surface area (Å²) < 4.78 is 1.68. The average Bonchev–Trinajstić information content (AvgIpc) is 2.74. The maximum absolute atomic E-state index is 10.8. The molecule has 1 aliphatic rings. The molecule has 2 rings (SSSR count). The van der Waals surface area contributed by atoms with E-state index in [0.29, 0.717) is 5.95 Å². The molecule has 1 N–H and O–H groups in total. The van der Waals surface area contributed by atoms with Crippen LogP contribution in [0.5, 0.6) is 0 Å². The Kier molecular flexibility index (Phi) is 2.53. The first kappa shape index (κ1) is 9.89. The first-order valence-electron chi connectivity index (χ1n) is 5.02. The lowest BCUT2D eigenvalue weighted by Crippen LogP contribution is -2.06. The zero-order valence-corrected chi connectivity index (χ0v) is 8.95. The van der Waals surface area contributed by atoms with Gasteiger partial charge in [-0.15, -0.1) is 0 Å². The van der Waals surface area contributed by atoms with Crippen LogP contribution < -0.4 is 5.32 Å². The molecule has 0 unspecified atom stereocenters. The van der Waals surface area contributed by atoms with Crippen LogP contribution in [0.4, 0.5) is 5.95 Å². The lowest BCUT2D eigenvalue weighted by molar-refractivity contribution is -0.105. The van der Waals surface area contributed by atoms with E-state index in [1.54, 1.807) is 4.68 Å². The molecule has 1 heterocycles. The van der Waals surface area contributed by atoms with E-state index in [1.807, 2.05) is 14.0 Å². The molecule has 0 amide bonds. The highest BCUT2D eigenvalue weighted by Gasteiger charge is 2.15. The van der Waals surface area contributed by atoms with E-state index in [-0.39, 0.29) is 0 Å². The summed E-state index contributed by atoms with van der Waals surface area (Å²) in [4.78, 5) is 15.0. The maximum atomic E-state index is 10.8. The van der Waals surface area contributed by atoms with E-state index in [2.05, 4.69) is 15.4 Å². The van der Waals surface area contributed by atoms with Gasteiger partial charge in [0.1, 0.15) is 12.1 Å². The number of nitrogens with one attached hydrogen (secondary N) is 1. The number of carbonyl (C=O) groups excluding carboxylic acids is 1. The zero-order chi connectivity index (χ0) is 10.8. The third-order valence-electron chi connectivity index (χ3n) is 2.53. The van der Waals surface area contributed by atoms with Crippen LogP contribution in [0.15, 0.2) is 11.3 Å². The molecular weight excluding hydrogens is 192 g/mol. The van der Waals surface area contributed by atoms with Gasteiger partial charge in [0, 0.05) is 18.3 Å². The molecule has 5 heteroatoms. The van der Waals surface area contributed by atoms with Crippen LogP contribution >= 0.6 is 0 Å². The third kappa shape index (κ3) is 1.91. The van der Waals surface area contributed by atoms with E-state index < -0.39 is 0 Å². The van der Waals surface area contributed by atoms with Gasteiger partial charge in [0.05, 0.1) is 0 Å². The number of aromatic nitrogens is 3. The molecule has 0 fully saturated rings. The summed E-state index contributed by atoms with van der Waals surface area (Å²) in [5.74, 6) is 1.43. The van der Waals surface area contributed by atoms with Crippen LogP contribution in [0, 0.1) is 6.92 Å². The van der Waals surface area contributed by atoms with Crippen molar-refractivity contribution in [3.8, 4) is 0 Å². The Morgan fingerprint density at radius 3 is 2.87 bits per heavy atom. The number of aldehydes is 1. The standard InChI is InChI=1S/C10H14N4O/c1-7-11-10(14(2)13-7)12-9-5-3-4-8(9)6-15/h6H,3-5H2,1-2H3,(H,11,12,13). The number of allylic oxidation sites excluding steroid dienone is 2. The van der Waals surface area contributed by atoms with Gasteiger partial charge in [-0.1, -0.05) is 0 Å². The van der Waals surface area contributed by atoms with Crippen molar-refractivity contribution in [2.45, 2.75) is 26.2 Å². The van der Waals surface area contributed by atoms with Crippen LogP contribution in [0.3, 0.4) is 0 Å². The minimum atomic E-state index is 0.698. The molecule has 1 aromatic heterocycles. The first-order chi connectivity index (χ1) is 7.20. The maximum Gasteiger partial charge on any atom is 0.225 e. The van der Waals surface area contributed by atoms with Crippen molar-refractivity contribution in [3.05, 3.63) is 17.1 Å². The van der Waals surface area contributed by atoms with Gasteiger partial charge in [-0.25, -0.2) is 4.68 Å². The Bertz CT molecular complexity index is 419. The van der Waals surface area contributed by atoms with E-state index in [1.165, 1.54) is 0 Å². The van der Waals surface area contributed by atoms with E-state index >= 15 is 0 Å². The molecule has 0 aromatic carbocycles. The monoisotopic (exact) mass is 206 g/mol. The van der Waals surface area contributed by atoms with Crippen LogP contribution in [0.25, 0.3) is 0 Å². The molecule has 0 spiro atoms. The lowest BCUT2D eigenvalue weighted by atomic mass is 10.2. The van der Waals surface area contributed by atoms with Gasteiger partial charge in [0.25, 0.3) is 0 Å². The number of rotatable bonds is 3. The lowest BCUT2D eigenvalue weighted by Gasteiger charge is -2.05. The van der Waals surface area contributed by atoms with Crippen molar-refractivity contribution in [3.63, 3.8) is 0 Å². The first-order valence-corrected chi connectivity index (χ1v) is 5.02. The predicted molar refractivity (Wildman–Crippen MR) is 56.3 cm³/mol. The van der Waals surface area contributed by atoms with E-state index in [4.69, 9.17) is 0 Å². The fourth-order valence-corrected chi connectivity index (χ4v) is 1.80. The highest BCUT2D eigenvalue weighted by atomic mass is 16.1. The van der Waals surface area contributed by atoms with Crippen molar-refractivity contribution >= 4 is 12.2 Å². The second-order valence-corrected chi connectivity index (χ2v) is 3.71. The molecule has 1 aromatic rings. The highest BCUT2D eigenvalue weighted by molar-refractivity contribution is 5.76. The molecular formula is C10H14N4O. The van der Waals surface area contributed by atoms with Gasteiger partial charge >= 0.3 is 0 Å². The fourth-order valence-electron chi connectivity index (χ4n) is 1.80. The fraction of sp³-hybridized carbons (Fsp3) is 0.500. The minimum Gasteiger partial charge on any atom is -0.328 e. The molecule has 0 saturated heterocycles. The summed E-state index contributed by atoms with van der Waals surface area (Å²) in [5.41, 5.74) is 1.84. The molecule has 0 saturated carbocycles. The third-order valence-corrected chi connectivity index (χ3v) is 2.53. The van der Waals surface area contributed by atoms with Crippen LogP contribution in [0.2, 0.25) is 0 Å². The summed E-state index contributed by atoms with van der Waals surface area (Å²) >= 11 is 0. The second kappa shape index (κ2) is 3.84. The Balaban J connectivity index is 2.21. The molecule has 0 radical (unpaired) electrons. The predicted octanol–water partition coefficient (Wildman–Crippen LogP) is 1.17. The summed E-state index contributed by atoms with van der Waals surface area (Å²) in [6.07, 6.45) is 3.74. The van der Waals surface area contributed by atoms with Crippen LogP contribution in [0.1, 0.15) is 25.1 Å². The highest BCUT2D eigenvalue weighted by Crippen LogP contribution is 2.25. The molecule has 1 aliphatic carbocycles. The van der Waals surface area contributed by atoms with Gasteiger partial charge in [0.15, 0.2) is 0 Å². The number of aryl methyl sites for hydroxylation is 2. The van der Waals surface area contributed by atoms with Crippen molar-refractivity contribution in [1.82, 2.24) is 14.8 Å². The van der Waals surface area contributed by atoms with Gasteiger partial charge in [-0.3, -0.25) is 4.79 Å². The number of anilines is 1. The Morgan fingerprint density at radius 1 is 1.47 bits per heavy atom. The van der Waals surface area contributed by atoms with Gasteiger partial charge in [-0.05, 0) is 26.2 Å². The Morgan fingerprint density at radius 2 is 2.27 bits per heavy atom. The summed E-state index contributed by atoms with van der Waals surface area (Å²) in [6.45, 7) is 1.84. The smallest absolute Gasteiger partial charge is 0.225 e. The quantitative estimate of drug-likeness (QED) is 0.754. The average molecular weight is 206 g/mol. The largest absolute Gasteiger partial charge is 0.328 e. The Labute approximate surface area is 88.2 Å². The Hall–Kier alpha value is -1.65. The normalized spacial score (nSPS) is 15.9. The zero-order valence-electron chi connectivity index (χ0n) is 8.95. The van der Waals surface area contributed by atoms with Gasteiger partial charge in [0.2, 0.25) is 5.95 Å². The van der Waals surface area contributed by atoms with Gasteiger partial charge < -0.3 is 5.32 Å². The number of carbonyl (C=O) groups is 1. The molecule has 5 nitrogen and oxygen atoms in total. The number of nitrogens with zero attached hydrogens (tertiary/aromatic N) is 3. The van der Waals surface area contributed by atoms with Crippen molar-refractivity contribution in [1.29, 1.82) is 0 Å². The topological polar surface area (TPSA) is 59.8 Å². The number of hydrogen-bond donors (Lipinski definition) is 1. The van der Waals surface area contributed by atoms with Crippen molar-refractivity contribution in [2.75, 3.05) is 5.32 Å². The van der Waals surface area contributed by atoms with Crippen molar-refractivity contribution in [2.24, 2.45) is 7.05 Å². The summed E-state index contributed by atoms with van der Waals surface area (Å²) in [6, 6.07) is 0. The number of hydrogen-bond acceptors (Lipinski definition) is 4. The van der Waals surface area contributed by atoms with Crippen LogP contribution in [-0.2, 0) is 11.8 Å². The second-order valence-electron chi connectivity index (χ2n) is 3.71. The van der Waals surface area contributed by atoms with Crippen molar-refractivity contribution < 1.29 is 4.79 Å². The molecule has 15 heavy (non-hydrogen) atoms. The van der Waals surface area contributed by atoms with Gasteiger partial charge in [-0.2, -0.15) is 10.1 Å². The van der Waals surface area contributed by atoms with Crippen LogP contribution in [-0.4, -0.2) is 21.1 Å². The molecule has 80 valence electrons. The molecule has 0 bridgehead atoms. The summed E-state index contributed by atoms with van der Waals surface area (Å²) in [7, 11) is 1.83. The molecule has 0 aliphatic heterocycles. The molecule has 0 atom stereocenters.